The molecule has 0 saturated carbocycles. The lowest BCUT2D eigenvalue weighted by Gasteiger charge is -2.29. The van der Waals surface area contributed by atoms with Crippen LogP contribution in [0.5, 0.6) is 0 Å². The number of likely N-dealkylation sites (tertiary alicyclic amines) is 1. The number of ether oxygens (including phenoxy) is 1. The van der Waals surface area contributed by atoms with Gasteiger partial charge in [0.25, 0.3) is 0 Å². The molecule has 4 rings (SSSR count). The zero-order valence-electron chi connectivity index (χ0n) is 18.8. The van der Waals surface area contributed by atoms with Crippen LogP contribution >= 0.6 is 0 Å². The molecule has 1 aliphatic heterocycles. The summed E-state index contributed by atoms with van der Waals surface area (Å²) in [6.07, 6.45) is 10.5. The van der Waals surface area contributed by atoms with Crippen LogP contribution < -0.4 is 5.32 Å². The molecule has 7 heteroatoms. The van der Waals surface area contributed by atoms with E-state index in [4.69, 9.17) is 9.72 Å². The number of aromatic amines is 1. The van der Waals surface area contributed by atoms with Gasteiger partial charge in [0, 0.05) is 18.3 Å². The minimum absolute atomic E-state index is 0.0571. The van der Waals surface area contributed by atoms with Gasteiger partial charge in [0.2, 0.25) is 5.91 Å². The molecule has 0 bridgehead atoms. The molecule has 1 aliphatic carbocycles. The van der Waals surface area contributed by atoms with E-state index in [0.29, 0.717) is 6.54 Å². The molecule has 2 N–H and O–H groups in total. The molecule has 0 spiro atoms. The van der Waals surface area contributed by atoms with Crippen LogP contribution in [0, 0.1) is 5.92 Å². The van der Waals surface area contributed by atoms with Crippen molar-refractivity contribution in [3.05, 3.63) is 60.1 Å². The summed E-state index contributed by atoms with van der Waals surface area (Å²) in [5, 5.41) is 2.68. The maximum absolute atomic E-state index is 13.3. The monoisotopic (exact) mass is 434 g/mol. The van der Waals surface area contributed by atoms with E-state index >= 15 is 0 Å². The number of imidazole rings is 1. The first-order valence-electron chi connectivity index (χ1n) is 11.2. The molecular formula is C25H30N4O3. The number of amides is 2. The van der Waals surface area contributed by atoms with Gasteiger partial charge >= 0.3 is 6.09 Å². The number of H-pyrrole nitrogens is 1. The van der Waals surface area contributed by atoms with Gasteiger partial charge in [0.05, 0.1) is 18.8 Å². The number of aromatic nitrogens is 2. The average Bonchev–Trinajstić information content (AvgIpc) is 3.57. The van der Waals surface area contributed by atoms with Gasteiger partial charge in [0.15, 0.2) is 0 Å². The summed E-state index contributed by atoms with van der Waals surface area (Å²) in [7, 11) is 1.30. The van der Waals surface area contributed by atoms with Crippen LogP contribution in [0.4, 0.5) is 4.79 Å². The number of carbonyl (C=O) groups excluding carboxylic acids is 2. The maximum Gasteiger partial charge on any atom is 0.407 e. The Balaban J connectivity index is 1.50. The topological polar surface area (TPSA) is 87.3 Å². The molecule has 1 saturated heterocycles. The Bertz CT molecular complexity index is 1040. The fourth-order valence-electron chi connectivity index (χ4n) is 4.35. The van der Waals surface area contributed by atoms with E-state index < -0.39 is 12.1 Å². The van der Waals surface area contributed by atoms with Crippen LogP contribution in [0.3, 0.4) is 0 Å². The molecule has 1 fully saturated rings. The number of carbonyl (C=O) groups is 2. The van der Waals surface area contributed by atoms with E-state index in [0.717, 1.165) is 36.3 Å². The Labute approximate surface area is 188 Å². The third kappa shape index (κ3) is 4.47. The molecular weight excluding hydrogens is 404 g/mol. The first-order chi connectivity index (χ1) is 15.5. The summed E-state index contributed by atoms with van der Waals surface area (Å²) in [6, 6.07) is 7.61. The van der Waals surface area contributed by atoms with Crippen molar-refractivity contribution in [2.45, 2.75) is 45.2 Å². The second-order valence-electron chi connectivity index (χ2n) is 8.59. The highest BCUT2D eigenvalue weighted by Gasteiger charge is 2.37. The molecule has 2 atom stereocenters. The second kappa shape index (κ2) is 9.42. The van der Waals surface area contributed by atoms with E-state index in [9.17, 15) is 9.59 Å². The van der Waals surface area contributed by atoms with E-state index in [-0.39, 0.29) is 17.9 Å². The Morgan fingerprint density at radius 3 is 2.62 bits per heavy atom. The van der Waals surface area contributed by atoms with Gasteiger partial charge in [0.1, 0.15) is 11.9 Å². The van der Waals surface area contributed by atoms with Crippen molar-refractivity contribution in [3.8, 4) is 11.3 Å². The van der Waals surface area contributed by atoms with E-state index in [2.05, 4.69) is 52.8 Å². The lowest BCUT2D eigenvalue weighted by molar-refractivity contribution is -0.135. The van der Waals surface area contributed by atoms with Crippen molar-refractivity contribution in [3.63, 3.8) is 0 Å². The fraction of sp³-hybridized carbons (Fsp3) is 0.400. The third-order valence-electron chi connectivity index (χ3n) is 6.13. The molecule has 2 aromatic rings. The molecule has 7 nitrogen and oxygen atoms in total. The van der Waals surface area contributed by atoms with Crippen molar-refractivity contribution in [2.75, 3.05) is 13.7 Å². The Kier molecular flexibility index (Phi) is 6.44. The van der Waals surface area contributed by atoms with Gasteiger partial charge < -0.3 is 19.9 Å². The van der Waals surface area contributed by atoms with Crippen LogP contribution in [0.25, 0.3) is 16.8 Å². The number of hydrogen-bond acceptors (Lipinski definition) is 4. The molecule has 2 heterocycles. The highest BCUT2D eigenvalue weighted by atomic mass is 16.5. The van der Waals surface area contributed by atoms with Crippen molar-refractivity contribution in [1.29, 1.82) is 0 Å². The summed E-state index contributed by atoms with van der Waals surface area (Å²) in [4.78, 5) is 34.9. The highest BCUT2D eigenvalue weighted by molar-refractivity contribution is 5.86. The smallest absolute Gasteiger partial charge is 0.407 e. The molecule has 0 radical (unpaired) electrons. The SMILES string of the molecule is COC(=O)N[C@H](C(=O)N1CCC[C@H]1c1nc(-c2ccc(C3=CCC=C3)cc2)c[nH]1)C(C)C. The van der Waals surface area contributed by atoms with Crippen LogP contribution in [-0.2, 0) is 9.53 Å². The summed E-state index contributed by atoms with van der Waals surface area (Å²) >= 11 is 0. The summed E-state index contributed by atoms with van der Waals surface area (Å²) in [6.45, 7) is 4.47. The van der Waals surface area contributed by atoms with Crippen LogP contribution in [0.2, 0.25) is 0 Å². The Morgan fingerprint density at radius 2 is 1.97 bits per heavy atom. The van der Waals surface area contributed by atoms with E-state index in [1.54, 1.807) is 0 Å². The summed E-state index contributed by atoms with van der Waals surface area (Å²) < 4.78 is 4.70. The molecule has 168 valence electrons. The standard InChI is InChI=1S/C25H30N4O3/c1-16(2)22(28-25(31)32-3)24(30)29-14-6-9-21(29)23-26-15-20(27-23)19-12-10-18(11-13-19)17-7-4-5-8-17/h4,7-8,10-13,15-16,21-22H,5-6,9,14H2,1-3H3,(H,26,27)(H,28,31)/t21-,22-/m0/s1. The van der Waals surface area contributed by atoms with Gasteiger partial charge in [-0.15, -0.1) is 0 Å². The number of methoxy groups -OCH3 is 1. The van der Waals surface area contributed by atoms with Crippen LogP contribution in [0.15, 0.2) is 48.7 Å². The van der Waals surface area contributed by atoms with Gasteiger partial charge in [-0.2, -0.15) is 0 Å². The average molecular weight is 435 g/mol. The highest BCUT2D eigenvalue weighted by Crippen LogP contribution is 2.33. The van der Waals surface area contributed by atoms with Crippen LogP contribution in [-0.4, -0.2) is 46.6 Å². The number of alkyl carbamates (subject to hydrolysis) is 1. The predicted octanol–water partition coefficient (Wildman–Crippen LogP) is 4.46. The minimum atomic E-state index is -0.635. The minimum Gasteiger partial charge on any atom is -0.453 e. The van der Waals surface area contributed by atoms with Crippen molar-refractivity contribution in [1.82, 2.24) is 20.2 Å². The summed E-state index contributed by atoms with van der Waals surface area (Å²) in [5.74, 6) is 0.614. The number of nitrogens with one attached hydrogen (secondary N) is 2. The van der Waals surface area contributed by atoms with Gasteiger partial charge in [-0.3, -0.25) is 4.79 Å². The fourth-order valence-corrected chi connectivity index (χ4v) is 4.35. The lowest BCUT2D eigenvalue weighted by Crippen LogP contribution is -2.51. The molecule has 1 aromatic carbocycles. The van der Waals surface area contributed by atoms with E-state index in [1.807, 2.05) is 24.9 Å². The number of rotatable bonds is 6. The van der Waals surface area contributed by atoms with Crippen molar-refractivity contribution < 1.29 is 14.3 Å². The number of nitrogens with zero attached hydrogens (tertiary/aromatic N) is 2. The molecule has 0 unspecified atom stereocenters. The largest absolute Gasteiger partial charge is 0.453 e. The lowest BCUT2D eigenvalue weighted by atomic mass is 10.0. The molecule has 2 aliphatic rings. The quantitative estimate of drug-likeness (QED) is 0.703. The van der Waals surface area contributed by atoms with Crippen molar-refractivity contribution in [2.24, 2.45) is 5.92 Å². The first kappa shape index (κ1) is 21.9. The second-order valence-corrected chi connectivity index (χ2v) is 8.59. The zero-order valence-corrected chi connectivity index (χ0v) is 18.8. The first-order valence-corrected chi connectivity index (χ1v) is 11.2. The molecule has 2 amide bonds. The van der Waals surface area contributed by atoms with E-state index in [1.165, 1.54) is 18.2 Å². The normalized spacial score (nSPS) is 18.7. The number of hydrogen-bond donors (Lipinski definition) is 2. The van der Waals surface area contributed by atoms with Crippen molar-refractivity contribution >= 4 is 17.6 Å². The Hall–Kier alpha value is -3.35. The van der Waals surface area contributed by atoms with Crippen LogP contribution in [0.1, 0.15) is 50.5 Å². The third-order valence-corrected chi connectivity index (χ3v) is 6.13. The van der Waals surface area contributed by atoms with Gasteiger partial charge in [-0.1, -0.05) is 56.3 Å². The number of allylic oxidation sites excluding steroid dienone is 4. The Morgan fingerprint density at radius 1 is 1.22 bits per heavy atom. The predicted molar refractivity (Wildman–Crippen MR) is 124 cm³/mol. The molecule has 1 aromatic heterocycles. The van der Waals surface area contributed by atoms with Gasteiger partial charge in [-0.25, -0.2) is 9.78 Å². The molecule has 32 heavy (non-hydrogen) atoms. The zero-order chi connectivity index (χ0) is 22.7. The number of benzene rings is 1. The maximum atomic E-state index is 13.3. The van der Waals surface area contributed by atoms with Gasteiger partial charge in [-0.05, 0) is 36.3 Å². The summed E-state index contributed by atoms with van der Waals surface area (Å²) in [5.41, 5.74) is 4.33.